The van der Waals surface area contributed by atoms with E-state index in [0.29, 0.717) is 47.5 Å². The number of alkyl halides is 10. The van der Waals surface area contributed by atoms with Gasteiger partial charge in [0.25, 0.3) is 11.8 Å². The molecule has 2 amide bonds. The molecule has 2 fully saturated rings. The summed E-state index contributed by atoms with van der Waals surface area (Å²) in [6.07, 6.45) is -9.41. The van der Waals surface area contributed by atoms with Crippen LogP contribution in [0, 0.1) is 11.8 Å². The van der Waals surface area contributed by atoms with E-state index in [9.17, 15) is 63.7 Å². The standard InChI is InChI=1S/2C19H19F5N2O3.2H2/c2*20-18(21)29-14-6-3-11-7-12(9-25-15(11)8-14)17(28)26-13-4-1-10(2-5-13)16(27)19(22,23)24;;/h2*3,6-10,13,16,18,27H,1-2,4-5H2,(H,26,28);2*1H/t2*10?,13?,16-;;/m10../s1. The number of rotatable bonds is 10. The van der Waals surface area contributed by atoms with Gasteiger partial charge in [0.1, 0.15) is 11.5 Å². The molecule has 0 saturated heterocycles. The van der Waals surface area contributed by atoms with Crippen molar-refractivity contribution in [3.05, 3.63) is 72.1 Å². The monoisotopic (exact) mass is 840 g/mol. The Hall–Kier alpha value is -4.98. The van der Waals surface area contributed by atoms with Crippen LogP contribution in [0.5, 0.6) is 11.5 Å². The molecule has 20 heteroatoms. The van der Waals surface area contributed by atoms with Gasteiger partial charge in [0.15, 0.2) is 12.2 Å². The van der Waals surface area contributed by atoms with E-state index < -0.39 is 61.4 Å². The van der Waals surface area contributed by atoms with Crippen molar-refractivity contribution in [1.29, 1.82) is 0 Å². The average molecular weight is 841 g/mol. The second-order valence-electron chi connectivity index (χ2n) is 14.1. The van der Waals surface area contributed by atoms with Crippen molar-refractivity contribution in [2.75, 3.05) is 0 Å². The number of nitrogens with zero attached hydrogens (tertiary/aromatic N) is 2. The van der Waals surface area contributed by atoms with Gasteiger partial charge in [0.05, 0.1) is 22.2 Å². The van der Waals surface area contributed by atoms with Crippen molar-refractivity contribution in [2.24, 2.45) is 11.8 Å². The molecule has 0 spiro atoms. The highest BCUT2D eigenvalue weighted by Gasteiger charge is 2.45. The summed E-state index contributed by atoms with van der Waals surface area (Å²) in [7, 11) is 0. The van der Waals surface area contributed by atoms with Crippen LogP contribution in [-0.2, 0) is 0 Å². The number of ether oxygens (including phenoxy) is 2. The highest BCUT2D eigenvalue weighted by Crippen LogP contribution is 2.36. The van der Waals surface area contributed by atoms with E-state index in [1.807, 2.05) is 0 Å². The normalized spacial score (nSPS) is 21.2. The van der Waals surface area contributed by atoms with Crippen LogP contribution < -0.4 is 20.1 Å². The number of aromatic nitrogens is 2. The lowest BCUT2D eigenvalue weighted by Gasteiger charge is -2.32. The molecule has 2 heterocycles. The van der Waals surface area contributed by atoms with Gasteiger partial charge in [0, 0.05) is 50.2 Å². The molecule has 2 aromatic carbocycles. The molecule has 0 radical (unpaired) electrons. The third kappa shape index (κ3) is 12.0. The number of benzene rings is 2. The number of aliphatic hydroxyl groups is 2. The van der Waals surface area contributed by atoms with Crippen LogP contribution in [0.15, 0.2) is 60.9 Å². The molecular weight excluding hydrogens is 798 g/mol. The van der Waals surface area contributed by atoms with Gasteiger partial charge in [-0.3, -0.25) is 19.6 Å². The third-order valence-corrected chi connectivity index (χ3v) is 10.1. The van der Waals surface area contributed by atoms with Crippen molar-refractivity contribution >= 4 is 33.6 Å². The number of amides is 2. The maximum Gasteiger partial charge on any atom is 0.414 e. The first-order valence-electron chi connectivity index (χ1n) is 18.1. The molecule has 2 atom stereocenters. The van der Waals surface area contributed by atoms with E-state index in [2.05, 4.69) is 30.1 Å². The zero-order valence-electron chi connectivity index (χ0n) is 30.3. The molecule has 2 saturated carbocycles. The number of nitrogens with one attached hydrogen (secondary N) is 2. The second kappa shape index (κ2) is 18.7. The van der Waals surface area contributed by atoms with E-state index in [4.69, 9.17) is 0 Å². The zero-order valence-corrected chi connectivity index (χ0v) is 30.3. The molecule has 0 bridgehead atoms. The molecule has 0 aliphatic heterocycles. The lowest BCUT2D eigenvalue weighted by Crippen LogP contribution is -2.42. The summed E-state index contributed by atoms with van der Waals surface area (Å²) in [4.78, 5) is 33.0. The molecule has 2 aromatic heterocycles. The number of fused-ring (bicyclic) bond motifs is 2. The minimum Gasteiger partial charge on any atom is -0.435 e. The summed E-state index contributed by atoms with van der Waals surface area (Å²) in [6, 6.07) is 10.8. The van der Waals surface area contributed by atoms with Gasteiger partial charge in [0.2, 0.25) is 0 Å². The van der Waals surface area contributed by atoms with Crippen LogP contribution in [-0.4, -0.2) is 81.9 Å². The molecule has 4 N–H and O–H groups in total. The number of carbonyl (C=O) groups is 2. The number of hydrogen-bond acceptors (Lipinski definition) is 8. The maximum atomic E-state index is 12.6. The van der Waals surface area contributed by atoms with Gasteiger partial charge in [-0.25, -0.2) is 0 Å². The highest BCUT2D eigenvalue weighted by atomic mass is 19.4. The van der Waals surface area contributed by atoms with Gasteiger partial charge in [-0.2, -0.15) is 43.9 Å². The Labute approximate surface area is 326 Å². The predicted octanol–water partition coefficient (Wildman–Crippen LogP) is 8.59. The van der Waals surface area contributed by atoms with Gasteiger partial charge < -0.3 is 30.3 Å². The smallest absolute Gasteiger partial charge is 0.414 e. The van der Waals surface area contributed by atoms with Crippen molar-refractivity contribution in [3.8, 4) is 11.5 Å². The first-order valence-corrected chi connectivity index (χ1v) is 18.1. The van der Waals surface area contributed by atoms with Crippen LogP contribution >= 0.6 is 0 Å². The molecule has 58 heavy (non-hydrogen) atoms. The van der Waals surface area contributed by atoms with Gasteiger partial charge in [-0.15, -0.1) is 0 Å². The number of halogens is 10. The number of aliphatic hydroxyl groups excluding tert-OH is 2. The van der Waals surface area contributed by atoms with Crippen LogP contribution in [0.3, 0.4) is 0 Å². The molecule has 4 aromatic rings. The van der Waals surface area contributed by atoms with Gasteiger partial charge >= 0.3 is 25.6 Å². The minimum atomic E-state index is -4.64. The first-order chi connectivity index (χ1) is 27.3. The lowest BCUT2D eigenvalue weighted by molar-refractivity contribution is -0.222. The van der Waals surface area contributed by atoms with Gasteiger partial charge in [-0.05, 0) is 99.6 Å². The highest BCUT2D eigenvalue weighted by molar-refractivity contribution is 5.98. The molecule has 6 rings (SSSR count). The van der Waals surface area contributed by atoms with E-state index in [1.165, 1.54) is 48.8 Å². The lowest BCUT2D eigenvalue weighted by atomic mass is 9.82. The summed E-state index contributed by atoms with van der Waals surface area (Å²) in [5.41, 5.74) is 1.25. The fourth-order valence-electron chi connectivity index (χ4n) is 7.03. The first kappa shape index (κ1) is 44.1. The quantitative estimate of drug-likeness (QED) is 0.116. The summed E-state index contributed by atoms with van der Waals surface area (Å²) >= 11 is 0. The minimum absolute atomic E-state index is 0. The number of carbonyl (C=O) groups excluding carboxylic acids is 2. The topological polar surface area (TPSA) is 143 Å². The Morgan fingerprint density at radius 2 is 0.948 bits per heavy atom. The SMILES string of the molecule is O=C(NC1CCC([C@@H](O)C(F)(F)F)CC1)c1cnc2cc(OC(F)F)ccc2c1.O=C(NC1CCC([C@H](O)C(F)(F)F)CC1)c1cnc2cc(OC(F)F)ccc2c1.[HH].[HH]. The number of hydrogen-bond donors (Lipinski definition) is 4. The molecule has 2 aliphatic rings. The summed E-state index contributed by atoms with van der Waals surface area (Å²) < 4.78 is 133. The predicted molar refractivity (Wildman–Crippen MR) is 192 cm³/mol. The molecule has 320 valence electrons. The Bertz CT molecular complexity index is 1890. The Balaban J connectivity index is 0.000000310. The van der Waals surface area contributed by atoms with Crippen LogP contribution in [0.1, 0.15) is 74.9 Å². The Morgan fingerprint density at radius 3 is 1.26 bits per heavy atom. The van der Waals surface area contributed by atoms with Crippen molar-refractivity contribution in [2.45, 2.75) is 101 Å². The summed E-state index contributed by atoms with van der Waals surface area (Å²) in [6.45, 7) is -5.91. The Kier molecular flexibility index (Phi) is 14.3. The van der Waals surface area contributed by atoms with Crippen LogP contribution in [0.25, 0.3) is 21.8 Å². The van der Waals surface area contributed by atoms with E-state index in [-0.39, 0.29) is 63.2 Å². The molecule has 0 unspecified atom stereocenters. The Morgan fingerprint density at radius 1 is 0.603 bits per heavy atom. The number of pyridine rings is 2. The largest absolute Gasteiger partial charge is 0.435 e. The van der Waals surface area contributed by atoms with Gasteiger partial charge in [-0.1, -0.05) is 0 Å². The van der Waals surface area contributed by atoms with E-state index in [1.54, 1.807) is 12.1 Å². The van der Waals surface area contributed by atoms with Crippen molar-refractivity contribution in [3.63, 3.8) is 0 Å². The second-order valence-corrected chi connectivity index (χ2v) is 14.1. The molecule has 2 aliphatic carbocycles. The molecule has 10 nitrogen and oxygen atoms in total. The van der Waals surface area contributed by atoms with Crippen LogP contribution in [0.2, 0.25) is 0 Å². The van der Waals surface area contributed by atoms with E-state index >= 15 is 0 Å². The summed E-state index contributed by atoms with van der Waals surface area (Å²) in [5, 5.41) is 25.4. The average Bonchev–Trinajstić information content (AvgIpc) is 3.16. The fraction of sp³-hybridized carbons (Fsp3) is 0.474. The van der Waals surface area contributed by atoms with E-state index in [0.717, 1.165) is 0 Å². The van der Waals surface area contributed by atoms with Crippen molar-refractivity contribution in [1.82, 2.24) is 20.6 Å². The third-order valence-electron chi connectivity index (χ3n) is 10.1. The van der Waals surface area contributed by atoms with Crippen molar-refractivity contribution < 1.29 is 76.0 Å². The zero-order chi connectivity index (χ0) is 42.4. The maximum absolute atomic E-state index is 12.6. The molecular formula is C38H42F10N4O6. The summed E-state index contributed by atoms with van der Waals surface area (Å²) in [5.74, 6) is -2.67. The fourth-order valence-corrected chi connectivity index (χ4v) is 7.03. The van der Waals surface area contributed by atoms with Crippen LogP contribution in [0.4, 0.5) is 43.9 Å².